The van der Waals surface area contributed by atoms with Gasteiger partial charge in [-0.1, -0.05) is 60.6 Å². The largest absolute Gasteiger partial charge is 0.481 e. The average Bonchev–Trinajstić information content (AvgIpc) is 3.38. The first-order valence-electron chi connectivity index (χ1n) is 18.4. The molecule has 0 aromatic heterocycles. The van der Waals surface area contributed by atoms with E-state index in [1.165, 1.54) is 37.7 Å². The molecule has 0 saturated heterocycles. The summed E-state index contributed by atoms with van der Waals surface area (Å²) in [6, 6.07) is 7.70. The summed E-state index contributed by atoms with van der Waals surface area (Å²) < 4.78 is 0. The van der Waals surface area contributed by atoms with Gasteiger partial charge in [-0.2, -0.15) is 0 Å². The lowest BCUT2D eigenvalue weighted by Crippen LogP contribution is -2.67. The van der Waals surface area contributed by atoms with Crippen LogP contribution in [0.25, 0.3) is 0 Å². The highest BCUT2D eigenvalue weighted by Gasteiger charge is 2.72. The number of carbonyl (C=O) groups is 3. The first kappa shape index (κ1) is 33.5. The van der Waals surface area contributed by atoms with Gasteiger partial charge in [0.1, 0.15) is 0 Å². The van der Waals surface area contributed by atoms with Crippen molar-refractivity contribution in [3.63, 3.8) is 0 Å². The van der Waals surface area contributed by atoms with Crippen LogP contribution in [0.2, 0.25) is 0 Å². The van der Waals surface area contributed by atoms with E-state index >= 15 is 0 Å². The van der Waals surface area contributed by atoms with Crippen molar-refractivity contribution in [3.05, 3.63) is 35.4 Å². The predicted molar refractivity (Wildman–Crippen MR) is 180 cm³/mol. The minimum Gasteiger partial charge on any atom is -0.481 e. The topological polar surface area (TPSA) is 104 Å². The number of benzene rings is 1. The van der Waals surface area contributed by atoms with Crippen molar-refractivity contribution in [2.75, 3.05) is 6.54 Å². The molecule has 46 heavy (non-hydrogen) atoms. The third-order valence-electron chi connectivity index (χ3n) is 16.0. The van der Waals surface area contributed by atoms with Gasteiger partial charge < -0.3 is 15.5 Å². The molecule has 5 fully saturated rings. The minimum absolute atomic E-state index is 0.0222. The van der Waals surface area contributed by atoms with Crippen molar-refractivity contribution in [2.24, 2.45) is 62.6 Å². The lowest BCUT2D eigenvalue weighted by atomic mass is 9.31. The van der Waals surface area contributed by atoms with Crippen molar-refractivity contribution in [1.29, 1.82) is 0 Å². The molecular weight excluding hydrogens is 574 g/mol. The molecule has 10 unspecified atom stereocenters. The fourth-order valence-electron chi connectivity index (χ4n) is 13.7. The first-order chi connectivity index (χ1) is 21.5. The summed E-state index contributed by atoms with van der Waals surface area (Å²) in [7, 11) is 0. The average molecular weight is 634 g/mol. The number of aromatic carboxylic acids is 1. The van der Waals surface area contributed by atoms with Crippen LogP contribution in [0.3, 0.4) is 0 Å². The Morgan fingerprint density at radius 2 is 1.50 bits per heavy atom. The van der Waals surface area contributed by atoms with Gasteiger partial charge in [-0.15, -0.1) is 0 Å². The molecule has 3 N–H and O–H groups in total. The molecule has 0 heterocycles. The summed E-state index contributed by atoms with van der Waals surface area (Å²) in [5.74, 6) is 2.01. The van der Waals surface area contributed by atoms with E-state index in [0.717, 1.165) is 32.1 Å². The van der Waals surface area contributed by atoms with Crippen LogP contribution in [-0.2, 0) is 9.59 Å². The van der Waals surface area contributed by atoms with E-state index in [9.17, 15) is 24.6 Å². The van der Waals surface area contributed by atoms with Crippen LogP contribution in [-0.4, -0.2) is 34.6 Å². The van der Waals surface area contributed by atoms with Gasteiger partial charge in [-0.3, -0.25) is 9.59 Å². The number of fused-ring (bicyclic) bond motifs is 7. The Hall–Kier alpha value is -2.37. The molecular formula is C40H59NO5. The summed E-state index contributed by atoms with van der Waals surface area (Å²) in [6.45, 7) is 17.8. The van der Waals surface area contributed by atoms with Gasteiger partial charge in [-0.05, 0) is 145 Å². The fraction of sp³-hybridized carbons (Fsp3) is 0.775. The summed E-state index contributed by atoms with van der Waals surface area (Å²) in [6.07, 6.45) is 11.3. The third-order valence-corrected chi connectivity index (χ3v) is 16.0. The summed E-state index contributed by atoms with van der Waals surface area (Å²) in [5, 5.41) is 21.8. The monoisotopic (exact) mass is 633 g/mol. The Kier molecular flexibility index (Phi) is 8.28. The number of carboxylic acids is 2. The number of aliphatic carboxylic acids is 1. The van der Waals surface area contributed by atoms with Crippen molar-refractivity contribution >= 4 is 17.8 Å². The van der Waals surface area contributed by atoms with E-state index < -0.39 is 11.9 Å². The van der Waals surface area contributed by atoms with Crippen molar-refractivity contribution < 1.29 is 24.6 Å². The Bertz CT molecular complexity index is 1370. The van der Waals surface area contributed by atoms with Gasteiger partial charge in [-0.25, -0.2) is 4.79 Å². The molecule has 1 aromatic rings. The molecule has 254 valence electrons. The molecule has 5 saturated carbocycles. The van der Waals surface area contributed by atoms with Gasteiger partial charge in [0.2, 0.25) is 5.91 Å². The third kappa shape index (κ3) is 4.72. The molecule has 6 heteroatoms. The number of amides is 1. The van der Waals surface area contributed by atoms with E-state index in [0.29, 0.717) is 47.0 Å². The second-order valence-electron chi connectivity index (χ2n) is 18.0. The molecule has 0 aliphatic heterocycles. The molecule has 6 nitrogen and oxygen atoms in total. The minimum atomic E-state index is -0.867. The van der Waals surface area contributed by atoms with Gasteiger partial charge in [0.25, 0.3) is 0 Å². The highest BCUT2D eigenvalue weighted by Crippen LogP contribution is 2.78. The summed E-state index contributed by atoms with van der Waals surface area (Å²) in [4.78, 5) is 36.8. The Morgan fingerprint density at radius 1 is 0.804 bits per heavy atom. The van der Waals surface area contributed by atoms with Crippen molar-refractivity contribution in [3.8, 4) is 0 Å². The molecule has 0 spiro atoms. The summed E-state index contributed by atoms with van der Waals surface area (Å²) in [5.41, 5.74) is 2.02. The van der Waals surface area contributed by atoms with Crippen LogP contribution in [0.15, 0.2) is 24.3 Å². The number of nitrogens with one attached hydrogen (secondary N) is 1. The van der Waals surface area contributed by atoms with Crippen LogP contribution < -0.4 is 5.32 Å². The molecule has 5 aliphatic carbocycles. The Balaban J connectivity index is 1.30. The predicted octanol–water partition coefficient (Wildman–Crippen LogP) is 8.80. The van der Waals surface area contributed by atoms with Crippen LogP contribution in [0.5, 0.6) is 0 Å². The van der Waals surface area contributed by atoms with Gasteiger partial charge >= 0.3 is 11.9 Å². The zero-order valence-electron chi connectivity index (χ0n) is 29.5. The van der Waals surface area contributed by atoms with Gasteiger partial charge in [0, 0.05) is 6.54 Å². The maximum atomic E-state index is 14.1. The second-order valence-corrected chi connectivity index (χ2v) is 18.0. The van der Waals surface area contributed by atoms with Crippen LogP contribution in [0.4, 0.5) is 0 Å². The highest BCUT2D eigenvalue weighted by atomic mass is 16.4. The molecule has 5 aliphatic rings. The molecule has 1 aromatic carbocycles. The van der Waals surface area contributed by atoms with E-state index in [1.807, 2.05) is 0 Å². The van der Waals surface area contributed by atoms with E-state index in [2.05, 4.69) is 65.9 Å². The van der Waals surface area contributed by atoms with Crippen molar-refractivity contribution in [2.45, 2.75) is 125 Å². The van der Waals surface area contributed by atoms with E-state index in [-0.39, 0.29) is 45.9 Å². The number of carbonyl (C=O) groups excluding carboxylic acids is 1. The number of hydrogen-bond acceptors (Lipinski definition) is 3. The standard InChI is InChI=1S/C40H59NO5/c1-24(2)27-14-20-40(35(46)41-23-17-32(42)43)22-21-38(6)29(33(27)40)12-13-31-37(5)18-15-28(25-8-10-26(11-9-25)34(44)45)36(3,4)30(37)16-19-39(31,38)7/h8-11,24,27-31,33H,12-23H2,1-7H3,(H,41,46)(H,42,43)(H,44,45). The maximum Gasteiger partial charge on any atom is 0.335 e. The van der Waals surface area contributed by atoms with Crippen LogP contribution in [0.1, 0.15) is 141 Å². The maximum absolute atomic E-state index is 14.1. The Labute approximate surface area is 276 Å². The van der Waals surface area contributed by atoms with Gasteiger partial charge in [0.15, 0.2) is 0 Å². The van der Waals surface area contributed by atoms with Crippen molar-refractivity contribution in [1.82, 2.24) is 5.32 Å². The van der Waals surface area contributed by atoms with E-state index in [4.69, 9.17) is 0 Å². The Morgan fingerprint density at radius 3 is 2.13 bits per heavy atom. The molecule has 6 rings (SSSR count). The second kappa shape index (κ2) is 11.4. The molecule has 0 bridgehead atoms. The zero-order valence-corrected chi connectivity index (χ0v) is 29.5. The molecule has 0 radical (unpaired) electrons. The SMILES string of the molecule is CC(C)C1CCC2(C(=O)NCCC(=O)O)CCC3(C)C(CCC4C5(C)CCC(c6ccc(C(=O)O)cc6)C(C)(C)C5CCC43C)C12. The number of carboxylic acid groups (broad SMARTS) is 2. The van der Waals surface area contributed by atoms with Gasteiger partial charge in [0.05, 0.1) is 17.4 Å². The normalized spacial score (nSPS) is 42.7. The van der Waals surface area contributed by atoms with Crippen LogP contribution in [0, 0.1) is 62.6 Å². The van der Waals surface area contributed by atoms with Crippen LogP contribution >= 0.6 is 0 Å². The highest BCUT2D eigenvalue weighted by molar-refractivity contribution is 5.87. The summed E-state index contributed by atoms with van der Waals surface area (Å²) >= 11 is 0. The lowest BCUT2D eigenvalue weighted by Gasteiger charge is -2.73. The van der Waals surface area contributed by atoms with E-state index in [1.54, 1.807) is 12.1 Å². The molecule has 10 atom stereocenters. The smallest absolute Gasteiger partial charge is 0.335 e. The number of rotatable bonds is 7. The fourth-order valence-corrected chi connectivity index (χ4v) is 13.7. The zero-order chi connectivity index (χ0) is 33.4. The lowest BCUT2D eigenvalue weighted by molar-refractivity contribution is -0.239. The molecule has 1 amide bonds. The first-order valence-corrected chi connectivity index (χ1v) is 18.4. The number of hydrogen-bond donors (Lipinski definition) is 3. The quantitative estimate of drug-likeness (QED) is 0.278.